The van der Waals surface area contributed by atoms with Gasteiger partial charge in [-0.3, -0.25) is 4.79 Å². The molecule has 2 aliphatic rings. The molecule has 1 amide bonds. The fourth-order valence-electron chi connectivity index (χ4n) is 3.03. The van der Waals surface area contributed by atoms with Crippen molar-refractivity contribution < 1.29 is 14.3 Å². The van der Waals surface area contributed by atoms with Crippen molar-refractivity contribution in [3.63, 3.8) is 0 Å². The second-order valence-corrected chi connectivity index (χ2v) is 7.10. The Morgan fingerprint density at radius 3 is 2.64 bits per heavy atom. The number of thiophene rings is 1. The van der Waals surface area contributed by atoms with Crippen LogP contribution in [-0.2, 0) is 0 Å². The second kappa shape index (κ2) is 8.08. The van der Waals surface area contributed by atoms with Crippen molar-refractivity contribution in [3.05, 3.63) is 35.2 Å². The zero-order valence-corrected chi connectivity index (χ0v) is 15.4. The molecule has 1 fully saturated rings. The maximum Gasteiger partial charge on any atom is 0.261 e. The molecule has 7 heteroatoms. The monoisotopic (exact) mass is 380 g/mol. The van der Waals surface area contributed by atoms with Crippen molar-refractivity contribution in [2.24, 2.45) is 0 Å². The van der Waals surface area contributed by atoms with Gasteiger partial charge in [-0.2, -0.15) is 0 Å². The van der Waals surface area contributed by atoms with Crippen molar-refractivity contribution in [1.29, 1.82) is 0 Å². The first-order valence-corrected chi connectivity index (χ1v) is 9.13. The largest absolute Gasteiger partial charge is 0.486 e. The smallest absolute Gasteiger partial charge is 0.261 e. The summed E-state index contributed by atoms with van der Waals surface area (Å²) in [6, 6.07) is 10.1. The van der Waals surface area contributed by atoms with Gasteiger partial charge in [0, 0.05) is 10.9 Å². The summed E-state index contributed by atoms with van der Waals surface area (Å²) in [6.07, 6.45) is 1.98. The van der Waals surface area contributed by atoms with Crippen LogP contribution in [0.25, 0.3) is 10.4 Å². The van der Waals surface area contributed by atoms with Crippen molar-refractivity contribution in [1.82, 2.24) is 10.6 Å². The van der Waals surface area contributed by atoms with Gasteiger partial charge < -0.3 is 20.1 Å². The standard InChI is InChI=1S/C18H20N2O3S.ClH/c21-18(20-13-5-7-19-8-6-13)17-4-3-16(24-17)12-1-2-14-15(11-12)23-10-9-22-14;/h1-4,11,13,19H,5-10H2,(H,20,21);1H. The molecule has 4 rings (SSSR count). The Morgan fingerprint density at radius 2 is 1.84 bits per heavy atom. The molecule has 0 atom stereocenters. The van der Waals surface area contributed by atoms with Gasteiger partial charge in [-0.15, -0.1) is 23.7 Å². The average molecular weight is 381 g/mol. The van der Waals surface area contributed by atoms with Gasteiger partial charge >= 0.3 is 0 Å². The van der Waals surface area contributed by atoms with E-state index in [1.165, 1.54) is 11.3 Å². The Labute approximate surface area is 157 Å². The van der Waals surface area contributed by atoms with E-state index in [0.717, 1.165) is 52.7 Å². The Balaban J connectivity index is 0.00000182. The van der Waals surface area contributed by atoms with Crippen molar-refractivity contribution >= 4 is 29.7 Å². The molecule has 1 aromatic heterocycles. The molecule has 0 saturated carbocycles. The molecule has 2 N–H and O–H groups in total. The highest BCUT2D eigenvalue weighted by atomic mass is 35.5. The van der Waals surface area contributed by atoms with Gasteiger partial charge in [0.15, 0.2) is 11.5 Å². The number of piperidine rings is 1. The van der Waals surface area contributed by atoms with Crippen molar-refractivity contribution in [2.45, 2.75) is 18.9 Å². The fourth-order valence-corrected chi connectivity index (χ4v) is 3.94. The number of carbonyl (C=O) groups is 1. The number of nitrogens with one attached hydrogen (secondary N) is 2. The maximum absolute atomic E-state index is 12.4. The third-order valence-electron chi connectivity index (χ3n) is 4.33. The zero-order valence-electron chi connectivity index (χ0n) is 13.7. The number of carbonyl (C=O) groups excluding carboxylic acids is 1. The van der Waals surface area contributed by atoms with E-state index in [0.29, 0.717) is 13.2 Å². The van der Waals surface area contributed by atoms with Crippen LogP contribution in [0.2, 0.25) is 0 Å². The van der Waals surface area contributed by atoms with E-state index in [1.54, 1.807) is 0 Å². The quantitative estimate of drug-likeness (QED) is 0.859. The molecular formula is C18H21ClN2O3S. The highest BCUT2D eigenvalue weighted by Crippen LogP contribution is 2.36. The average Bonchev–Trinajstić information content (AvgIpc) is 3.12. The number of fused-ring (bicyclic) bond motifs is 1. The number of hydrogen-bond donors (Lipinski definition) is 2. The van der Waals surface area contributed by atoms with Gasteiger partial charge in [0.2, 0.25) is 0 Å². The number of amides is 1. The van der Waals surface area contributed by atoms with E-state index in [9.17, 15) is 4.79 Å². The minimum Gasteiger partial charge on any atom is -0.486 e. The van der Waals surface area contributed by atoms with Crippen LogP contribution < -0.4 is 20.1 Å². The molecule has 0 unspecified atom stereocenters. The molecule has 1 aromatic carbocycles. The minimum absolute atomic E-state index is 0. The van der Waals surface area contributed by atoms with Crippen LogP contribution in [-0.4, -0.2) is 38.3 Å². The Bertz CT molecular complexity index is 744. The number of benzene rings is 1. The first-order chi connectivity index (χ1) is 11.8. The van der Waals surface area contributed by atoms with E-state index < -0.39 is 0 Å². The molecule has 1 saturated heterocycles. The summed E-state index contributed by atoms with van der Waals surface area (Å²) in [5.41, 5.74) is 1.05. The van der Waals surface area contributed by atoms with Crippen LogP contribution in [0, 0.1) is 0 Å². The van der Waals surface area contributed by atoms with Crippen LogP contribution in [0.1, 0.15) is 22.5 Å². The fraction of sp³-hybridized carbons (Fsp3) is 0.389. The summed E-state index contributed by atoms with van der Waals surface area (Å²) in [7, 11) is 0. The first-order valence-electron chi connectivity index (χ1n) is 8.31. The molecule has 2 aliphatic heterocycles. The van der Waals surface area contributed by atoms with Gasteiger partial charge in [-0.05, 0) is 61.8 Å². The van der Waals surface area contributed by atoms with Gasteiger partial charge in [-0.1, -0.05) is 0 Å². The molecule has 0 spiro atoms. The first kappa shape index (κ1) is 18.0. The topological polar surface area (TPSA) is 59.6 Å². The third kappa shape index (κ3) is 4.08. The highest BCUT2D eigenvalue weighted by molar-refractivity contribution is 7.17. The molecule has 134 valence electrons. The number of hydrogen-bond acceptors (Lipinski definition) is 5. The summed E-state index contributed by atoms with van der Waals surface area (Å²) in [6.45, 7) is 3.10. The number of halogens is 1. The second-order valence-electron chi connectivity index (χ2n) is 6.02. The lowest BCUT2D eigenvalue weighted by atomic mass is 10.1. The van der Waals surface area contributed by atoms with E-state index in [-0.39, 0.29) is 24.4 Å². The number of rotatable bonds is 3. The lowest BCUT2D eigenvalue weighted by Gasteiger charge is -2.23. The van der Waals surface area contributed by atoms with Gasteiger partial charge in [0.05, 0.1) is 4.88 Å². The summed E-state index contributed by atoms with van der Waals surface area (Å²) < 4.78 is 11.2. The minimum atomic E-state index is 0. The molecule has 3 heterocycles. The molecular weight excluding hydrogens is 360 g/mol. The predicted molar refractivity (Wildman–Crippen MR) is 101 cm³/mol. The number of ether oxygens (including phenoxy) is 2. The summed E-state index contributed by atoms with van der Waals surface area (Å²) in [5.74, 6) is 1.58. The summed E-state index contributed by atoms with van der Waals surface area (Å²) in [5, 5.41) is 6.44. The molecule has 0 radical (unpaired) electrons. The molecule has 0 bridgehead atoms. The predicted octanol–water partition coefficient (Wildman–Crippen LogP) is 3.09. The van der Waals surface area contributed by atoms with Gasteiger partial charge in [0.25, 0.3) is 5.91 Å². The normalized spacial score (nSPS) is 16.8. The SMILES string of the molecule is Cl.O=C(NC1CCNCC1)c1ccc(-c2ccc3c(c2)OCCO3)s1. The van der Waals surface area contributed by atoms with Gasteiger partial charge in [0.1, 0.15) is 13.2 Å². The Morgan fingerprint density at radius 1 is 1.08 bits per heavy atom. The lowest BCUT2D eigenvalue weighted by molar-refractivity contribution is 0.0933. The van der Waals surface area contributed by atoms with Crippen LogP contribution >= 0.6 is 23.7 Å². The van der Waals surface area contributed by atoms with Crippen LogP contribution in [0.3, 0.4) is 0 Å². The third-order valence-corrected chi connectivity index (χ3v) is 5.46. The van der Waals surface area contributed by atoms with Crippen molar-refractivity contribution in [3.8, 4) is 21.9 Å². The van der Waals surface area contributed by atoms with Crippen LogP contribution in [0.4, 0.5) is 0 Å². The van der Waals surface area contributed by atoms with E-state index in [1.807, 2.05) is 30.3 Å². The zero-order chi connectivity index (χ0) is 16.4. The van der Waals surface area contributed by atoms with Crippen LogP contribution in [0.5, 0.6) is 11.5 Å². The highest BCUT2D eigenvalue weighted by Gasteiger charge is 2.18. The van der Waals surface area contributed by atoms with Crippen LogP contribution in [0.15, 0.2) is 30.3 Å². The Kier molecular flexibility index (Phi) is 5.83. The van der Waals surface area contributed by atoms with E-state index >= 15 is 0 Å². The molecule has 5 nitrogen and oxygen atoms in total. The van der Waals surface area contributed by atoms with E-state index in [2.05, 4.69) is 10.6 Å². The van der Waals surface area contributed by atoms with Gasteiger partial charge in [-0.25, -0.2) is 0 Å². The lowest BCUT2D eigenvalue weighted by Crippen LogP contribution is -2.42. The Hall–Kier alpha value is -1.76. The van der Waals surface area contributed by atoms with Crippen molar-refractivity contribution in [2.75, 3.05) is 26.3 Å². The summed E-state index contributed by atoms with van der Waals surface area (Å²) >= 11 is 1.51. The maximum atomic E-state index is 12.4. The van der Waals surface area contributed by atoms with E-state index in [4.69, 9.17) is 9.47 Å². The molecule has 25 heavy (non-hydrogen) atoms. The molecule has 0 aliphatic carbocycles. The summed E-state index contributed by atoms with van der Waals surface area (Å²) in [4.78, 5) is 14.2. The molecule has 2 aromatic rings.